The third-order valence-electron chi connectivity index (χ3n) is 5.87. The van der Waals surface area contributed by atoms with Crippen molar-refractivity contribution in [2.24, 2.45) is 0 Å². The number of alkyl halides is 3. The van der Waals surface area contributed by atoms with Gasteiger partial charge < -0.3 is 9.15 Å². The summed E-state index contributed by atoms with van der Waals surface area (Å²) in [5, 5.41) is 5.37. The number of aryl methyl sites for hydroxylation is 1. The Hall–Kier alpha value is -4.22. The maximum atomic E-state index is 13.3. The van der Waals surface area contributed by atoms with Crippen LogP contribution in [-0.4, -0.2) is 15.7 Å². The number of benzene rings is 3. The number of rotatable bonds is 4. The Labute approximate surface area is 220 Å². The molecule has 0 saturated carbocycles. The second-order valence-corrected chi connectivity index (χ2v) is 10.4. The van der Waals surface area contributed by atoms with E-state index in [1.165, 1.54) is 35.6 Å². The van der Waals surface area contributed by atoms with Crippen molar-refractivity contribution in [1.29, 1.82) is 0 Å². The molecule has 0 atom stereocenters. The van der Waals surface area contributed by atoms with E-state index in [0.29, 0.717) is 9.58 Å². The minimum Gasteiger partial charge on any atom is -0.422 e. The van der Waals surface area contributed by atoms with E-state index in [1.54, 1.807) is 10.7 Å². The van der Waals surface area contributed by atoms with Crippen molar-refractivity contribution in [3.05, 3.63) is 98.7 Å². The molecule has 3 aromatic carbocycles. The van der Waals surface area contributed by atoms with E-state index in [9.17, 15) is 22.8 Å². The number of thiophene rings is 1. The maximum absolute atomic E-state index is 13.3. The molecule has 0 saturated heterocycles. The molecule has 38 heavy (non-hydrogen) atoms. The average Bonchev–Trinajstić information content (AvgIpc) is 3.57. The number of esters is 1. The van der Waals surface area contributed by atoms with Crippen LogP contribution in [0.15, 0.2) is 82.0 Å². The number of hydrogen-bond donors (Lipinski definition) is 0. The fraction of sp³-hybridized carbons (Fsp3) is 0.0741. The Morgan fingerprint density at radius 2 is 1.79 bits per heavy atom. The molecular formula is C27H15F3N2O4S2. The Bertz CT molecular complexity index is 1900. The number of para-hydroxylation sites is 1. The van der Waals surface area contributed by atoms with Crippen LogP contribution in [0.2, 0.25) is 0 Å². The fourth-order valence-corrected chi connectivity index (χ4v) is 5.92. The van der Waals surface area contributed by atoms with Crippen LogP contribution in [0.3, 0.4) is 0 Å². The number of carbonyl (C=O) groups is 1. The fourth-order valence-electron chi connectivity index (χ4n) is 4.14. The van der Waals surface area contributed by atoms with Crippen LogP contribution in [0.1, 0.15) is 20.9 Å². The van der Waals surface area contributed by atoms with Gasteiger partial charge in [-0.2, -0.15) is 18.3 Å². The van der Waals surface area contributed by atoms with Gasteiger partial charge >= 0.3 is 17.1 Å². The quantitative estimate of drug-likeness (QED) is 0.168. The van der Waals surface area contributed by atoms with E-state index in [-0.39, 0.29) is 22.5 Å². The molecule has 0 radical (unpaired) electrons. The second kappa shape index (κ2) is 8.96. The average molecular weight is 553 g/mol. The van der Waals surface area contributed by atoms with Crippen molar-refractivity contribution < 1.29 is 27.1 Å². The standard InChI is InChI=1S/C27H15F3N2O4S2/c1-14-19-13-22(37-24(19)32(31-14)17-8-3-2-4-9-17)25(33)35-18-11-20(23-21(12-18)38-26(34)36-23)15-6-5-7-16(10-15)27(28,29)30/h2-13H,1H3. The van der Waals surface area contributed by atoms with Gasteiger partial charge in [-0.05, 0) is 48.9 Å². The van der Waals surface area contributed by atoms with Crippen LogP contribution in [0.25, 0.3) is 37.3 Å². The van der Waals surface area contributed by atoms with Crippen molar-refractivity contribution in [1.82, 2.24) is 9.78 Å². The van der Waals surface area contributed by atoms with E-state index in [0.717, 1.165) is 45.1 Å². The van der Waals surface area contributed by atoms with Crippen molar-refractivity contribution in [3.8, 4) is 22.6 Å². The van der Waals surface area contributed by atoms with E-state index in [4.69, 9.17) is 9.15 Å². The molecule has 11 heteroatoms. The molecule has 3 heterocycles. The third-order valence-corrected chi connectivity index (χ3v) is 7.73. The highest BCUT2D eigenvalue weighted by Gasteiger charge is 2.31. The molecule has 0 bridgehead atoms. The Morgan fingerprint density at radius 3 is 2.55 bits per heavy atom. The summed E-state index contributed by atoms with van der Waals surface area (Å²) in [6, 6.07) is 18.7. The first-order valence-corrected chi connectivity index (χ1v) is 12.8. The van der Waals surface area contributed by atoms with Crippen molar-refractivity contribution >= 4 is 49.1 Å². The number of carbonyl (C=O) groups excluding carboxylic acids is 1. The van der Waals surface area contributed by atoms with Gasteiger partial charge in [-0.1, -0.05) is 41.7 Å². The number of fused-ring (bicyclic) bond motifs is 2. The summed E-state index contributed by atoms with van der Waals surface area (Å²) in [5.74, 6) is -0.568. The van der Waals surface area contributed by atoms with Gasteiger partial charge in [0.25, 0.3) is 0 Å². The minimum atomic E-state index is -4.55. The summed E-state index contributed by atoms with van der Waals surface area (Å²) in [7, 11) is 0. The Balaban J connectivity index is 1.39. The number of hydrogen-bond acceptors (Lipinski definition) is 7. The van der Waals surface area contributed by atoms with Gasteiger partial charge in [0, 0.05) is 17.0 Å². The third kappa shape index (κ3) is 4.29. The van der Waals surface area contributed by atoms with Gasteiger partial charge in [0.05, 0.1) is 21.6 Å². The smallest absolute Gasteiger partial charge is 0.416 e. The van der Waals surface area contributed by atoms with E-state index < -0.39 is 22.6 Å². The van der Waals surface area contributed by atoms with Gasteiger partial charge in [0.2, 0.25) is 0 Å². The first-order chi connectivity index (χ1) is 18.2. The van der Waals surface area contributed by atoms with Gasteiger partial charge in [0.15, 0.2) is 5.58 Å². The number of halogens is 3. The van der Waals surface area contributed by atoms with E-state index >= 15 is 0 Å². The summed E-state index contributed by atoms with van der Waals surface area (Å²) in [6.45, 7) is 1.85. The number of aromatic nitrogens is 2. The lowest BCUT2D eigenvalue weighted by Gasteiger charge is -2.10. The molecule has 0 spiro atoms. The molecular weight excluding hydrogens is 537 g/mol. The van der Waals surface area contributed by atoms with Crippen LogP contribution in [0.5, 0.6) is 5.75 Å². The second-order valence-electron chi connectivity index (χ2n) is 8.38. The summed E-state index contributed by atoms with van der Waals surface area (Å²) < 4.78 is 53.0. The van der Waals surface area contributed by atoms with Crippen LogP contribution in [0.4, 0.5) is 13.2 Å². The zero-order valence-electron chi connectivity index (χ0n) is 19.4. The predicted octanol–water partition coefficient (Wildman–Crippen LogP) is 7.47. The molecule has 0 aliphatic heterocycles. The topological polar surface area (TPSA) is 74.3 Å². The zero-order valence-corrected chi connectivity index (χ0v) is 21.0. The first-order valence-electron chi connectivity index (χ1n) is 11.2. The van der Waals surface area contributed by atoms with Crippen molar-refractivity contribution in [3.63, 3.8) is 0 Å². The van der Waals surface area contributed by atoms with Crippen molar-refractivity contribution in [2.45, 2.75) is 13.1 Å². The monoisotopic (exact) mass is 552 g/mol. The zero-order chi connectivity index (χ0) is 26.6. The maximum Gasteiger partial charge on any atom is 0.416 e. The highest BCUT2D eigenvalue weighted by Crippen LogP contribution is 2.38. The Morgan fingerprint density at radius 1 is 1.00 bits per heavy atom. The molecule has 6 rings (SSSR count). The molecule has 190 valence electrons. The summed E-state index contributed by atoms with van der Waals surface area (Å²) in [4.78, 5) is 25.6. The number of ether oxygens (including phenoxy) is 1. The molecule has 6 aromatic rings. The van der Waals surface area contributed by atoms with Gasteiger partial charge in [-0.25, -0.2) is 14.3 Å². The lowest BCUT2D eigenvalue weighted by atomic mass is 10.0. The van der Waals surface area contributed by atoms with Crippen LogP contribution < -0.4 is 9.68 Å². The largest absolute Gasteiger partial charge is 0.422 e. The highest BCUT2D eigenvalue weighted by molar-refractivity contribution is 7.20. The van der Waals surface area contributed by atoms with Crippen LogP contribution in [0, 0.1) is 6.92 Å². The number of nitrogens with zero attached hydrogens (tertiary/aromatic N) is 2. The summed E-state index contributed by atoms with van der Waals surface area (Å²) >= 11 is 1.98. The van der Waals surface area contributed by atoms with Crippen LogP contribution in [-0.2, 0) is 6.18 Å². The lowest BCUT2D eigenvalue weighted by molar-refractivity contribution is -0.137. The highest BCUT2D eigenvalue weighted by atomic mass is 32.1. The van der Waals surface area contributed by atoms with E-state index in [1.807, 2.05) is 37.3 Å². The molecule has 0 N–H and O–H groups in total. The van der Waals surface area contributed by atoms with Gasteiger partial charge in [-0.3, -0.25) is 0 Å². The molecule has 0 amide bonds. The predicted molar refractivity (Wildman–Crippen MR) is 139 cm³/mol. The van der Waals surface area contributed by atoms with Gasteiger partial charge in [-0.15, -0.1) is 11.3 Å². The lowest BCUT2D eigenvalue weighted by Crippen LogP contribution is -2.07. The molecule has 0 fully saturated rings. The van der Waals surface area contributed by atoms with Crippen molar-refractivity contribution in [2.75, 3.05) is 0 Å². The molecule has 0 aliphatic rings. The first kappa shape index (κ1) is 24.1. The molecule has 3 aromatic heterocycles. The van der Waals surface area contributed by atoms with Crippen LogP contribution >= 0.6 is 22.7 Å². The summed E-state index contributed by atoms with van der Waals surface area (Å²) in [6.07, 6.45) is -4.55. The minimum absolute atomic E-state index is 0.0748. The molecule has 0 unspecified atom stereocenters. The normalized spacial score (nSPS) is 11.9. The summed E-state index contributed by atoms with van der Waals surface area (Å²) in [5.41, 5.74) is 1.25. The van der Waals surface area contributed by atoms with E-state index in [2.05, 4.69) is 5.10 Å². The SMILES string of the molecule is Cc1nn(-c2ccccc2)c2sc(C(=O)Oc3cc(-c4cccc(C(F)(F)F)c4)c4oc(=O)sc4c3)cc12. The Kier molecular flexibility index (Phi) is 5.69. The molecule has 0 aliphatic carbocycles. The molecule has 6 nitrogen and oxygen atoms in total. The van der Waals surface area contributed by atoms with Gasteiger partial charge in [0.1, 0.15) is 15.5 Å².